The minimum atomic E-state index is -0.292. The lowest BCUT2D eigenvalue weighted by atomic mass is 9.81. The van der Waals surface area contributed by atoms with E-state index in [1.165, 1.54) is 19.3 Å². The second kappa shape index (κ2) is 4.37. The van der Waals surface area contributed by atoms with Crippen LogP contribution in [0.25, 0.3) is 0 Å². The van der Waals surface area contributed by atoms with Crippen LogP contribution in [0.3, 0.4) is 0 Å². The molecule has 0 unspecified atom stereocenters. The molecule has 94 valence electrons. The van der Waals surface area contributed by atoms with Gasteiger partial charge in [-0.2, -0.15) is 0 Å². The monoisotopic (exact) mass is 233 g/mol. The van der Waals surface area contributed by atoms with E-state index in [1.807, 2.05) is 12.3 Å². The van der Waals surface area contributed by atoms with Crippen molar-refractivity contribution in [3.8, 4) is 0 Å². The average Bonchev–Trinajstić information content (AvgIpc) is 2.29. The summed E-state index contributed by atoms with van der Waals surface area (Å²) in [4.78, 5) is 9.12. The molecule has 0 bridgehead atoms. The van der Waals surface area contributed by atoms with Crippen LogP contribution in [0.2, 0.25) is 0 Å². The first kappa shape index (κ1) is 12.5. The van der Waals surface area contributed by atoms with E-state index >= 15 is 0 Å². The van der Waals surface area contributed by atoms with E-state index in [-0.39, 0.29) is 11.0 Å². The lowest BCUT2D eigenvalue weighted by Gasteiger charge is -2.32. The number of nitrogens with two attached hydrogens (primary N) is 1. The van der Waals surface area contributed by atoms with Gasteiger partial charge in [-0.05, 0) is 18.9 Å². The Morgan fingerprint density at radius 3 is 2.41 bits per heavy atom. The Morgan fingerprint density at radius 2 is 1.82 bits per heavy atom. The Morgan fingerprint density at radius 1 is 1.18 bits per heavy atom. The van der Waals surface area contributed by atoms with Gasteiger partial charge in [-0.3, -0.25) is 0 Å². The summed E-state index contributed by atoms with van der Waals surface area (Å²) in [5.74, 6) is 0.838. The smallest absolute Gasteiger partial charge is 0.148 e. The van der Waals surface area contributed by atoms with Crippen LogP contribution in [0.5, 0.6) is 0 Å². The third-order valence-corrected chi connectivity index (χ3v) is 3.62. The number of aromatic nitrogens is 2. The van der Waals surface area contributed by atoms with Crippen LogP contribution in [-0.4, -0.2) is 9.97 Å². The molecule has 0 amide bonds. The molecule has 0 aliphatic heterocycles. The molecule has 2 rings (SSSR count). The largest absolute Gasteiger partial charge is 0.319 e. The summed E-state index contributed by atoms with van der Waals surface area (Å²) in [7, 11) is 0. The fourth-order valence-corrected chi connectivity index (χ4v) is 2.42. The van der Waals surface area contributed by atoms with Gasteiger partial charge in [-0.1, -0.05) is 40.0 Å². The molecule has 1 heterocycles. The zero-order chi connectivity index (χ0) is 12.5. The van der Waals surface area contributed by atoms with Crippen LogP contribution in [-0.2, 0) is 11.0 Å². The van der Waals surface area contributed by atoms with Crippen molar-refractivity contribution >= 4 is 0 Å². The zero-order valence-corrected chi connectivity index (χ0v) is 11.2. The second-order valence-electron chi connectivity index (χ2n) is 6.23. The van der Waals surface area contributed by atoms with Gasteiger partial charge in [-0.15, -0.1) is 0 Å². The van der Waals surface area contributed by atoms with Crippen molar-refractivity contribution in [2.45, 2.75) is 63.8 Å². The molecule has 1 aromatic rings. The molecule has 2 N–H and O–H groups in total. The maximum atomic E-state index is 6.47. The molecular formula is C14H23N3. The van der Waals surface area contributed by atoms with Crippen molar-refractivity contribution in [3.05, 3.63) is 23.8 Å². The predicted molar refractivity (Wildman–Crippen MR) is 69.7 cm³/mol. The number of rotatable bonds is 1. The van der Waals surface area contributed by atoms with Crippen LogP contribution in [0.1, 0.15) is 64.4 Å². The van der Waals surface area contributed by atoms with Gasteiger partial charge in [0, 0.05) is 17.3 Å². The van der Waals surface area contributed by atoms with Crippen molar-refractivity contribution in [2.24, 2.45) is 5.73 Å². The van der Waals surface area contributed by atoms with Crippen LogP contribution >= 0.6 is 0 Å². The molecule has 0 atom stereocenters. The summed E-state index contributed by atoms with van der Waals surface area (Å²) in [5, 5.41) is 0. The molecule has 3 nitrogen and oxygen atoms in total. The minimum absolute atomic E-state index is 0.0583. The van der Waals surface area contributed by atoms with Gasteiger partial charge in [0.15, 0.2) is 0 Å². The Balaban J connectivity index is 2.32. The zero-order valence-electron chi connectivity index (χ0n) is 11.2. The summed E-state index contributed by atoms with van der Waals surface area (Å²) < 4.78 is 0. The summed E-state index contributed by atoms with van der Waals surface area (Å²) >= 11 is 0. The molecule has 17 heavy (non-hydrogen) atoms. The minimum Gasteiger partial charge on any atom is -0.319 e. The summed E-state index contributed by atoms with van der Waals surface area (Å²) in [6.07, 6.45) is 7.56. The fraction of sp³-hybridized carbons (Fsp3) is 0.714. The van der Waals surface area contributed by atoms with Crippen LogP contribution in [0.4, 0.5) is 0 Å². The number of hydrogen-bond acceptors (Lipinski definition) is 3. The lowest BCUT2D eigenvalue weighted by molar-refractivity contribution is 0.285. The Hall–Kier alpha value is -0.960. The highest BCUT2D eigenvalue weighted by Crippen LogP contribution is 2.33. The molecular weight excluding hydrogens is 210 g/mol. The predicted octanol–water partition coefficient (Wildman–Crippen LogP) is 2.89. The third-order valence-electron chi connectivity index (χ3n) is 3.62. The normalized spacial score (nSPS) is 20.2. The van der Waals surface area contributed by atoms with E-state index in [0.717, 1.165) is 24.4 Å². The Bertz CT molecular complexity index is 387. The molecule has 1 fully saturated rings. The standard InChI is InChI=1S/C14H23N3/c1-13(2,3)11-7-10-16-12(17-11)14(15)8-5-4-6-9-14/h7,10H,4-6,8-9,15H2,1-3H3. The molecule has 0 saturated heterocycles. The van der Waals surface area contributed by atoms with Crippen LogP contribution in [0, 0.1) is 0 Å². The van der Waals surface area contributed by atoms with Crippen molar-refractivity contribution in [2.75, 3.05) is 0 Å². The van der Waals surface area contributed by atoms with E-state index in [4.69, 9.17) is 10.7 Å². The van der Waals surface area contributed by atoms with E-state index in [2.05, 4.69) is 25.8 Å². The van der Waals surface area contributed by atoms with Gasteiger partial charge in [0.2, 0.25) is 0 Å². The first-order valence-electron chi connectivity index (χ1n) is 6.55. The van der Waals surface area contributed by atoms with Gasteiger partial charge in [-0.25, -0.2) is 9.97 Å². The molecule has 1 saturated carbocycles. The Labute approximate surface area is 104 Å². The van der Waals surface area contributed by atoms with Gasteiger partial charge >= 0.3 is 0 Å². The van der Waals surface area contributed by atoms with Crippen LogP contribution in [0.15, 0.2) is 12.3 Å². The van der Waals surface area contributed by atoms with Crippen molar-refractivity contribution in [3.63, 3.8) is 0 Å². The molecule has 1 aliphatic carbocycles. The Kier molecular flexibility index (Phi) is 3.21. The molecule has 0 spiro atoms. The number of nitrogens with zero attached hydrogens (tertiary/aromatic N) is 2. The molecule has 0 radical (unpaired) electrons. The van der Waals surface area contributed by atoms with E-state index in [1.54, 1.807) is 0 Å². The van der Waals surface area contributed by atoms with Gasteiger partial charge in [0.25, 0.3) is 0 Å². The molecule has 0 aromatic carbocycles. The topological polar surface area (TPSA) is 51.8 Å². The average molecular weight is 233 g/mol. The molecule has 1 aromatic heterocycles. The lowest BCUT2D eigenvalue weighted by Crippen LogP contribution is -2.40. The highest BCUT2D eigenvalue weighted by molar-refractivity contribution is 5.16. The highest BCUT2D eigenvalue weighted by Gasteiger charge is 2.33. The summed E-state index contributed by atoms with van der Waals surface area (Å²) in [5.41, 5.74) is 7.32. The molecule has 3 heteroatoms. The quantitative estimate of drug-likeness (QED) is 0.811. The second-order valence-corrected chi connectivity index (χ2v) is 6.23. The first-order chi connectivity index (χ1) is 7.92. The highest BCUT2D eigenvalue weighted by atomic mass is 15.0. The van der Waals surface area contributed by atoms with Crippen LogP contribution < -0.4 is 5.73 Å². The number of hydrogen-bond donors (Lipinski definition) is 1. The maximum Gasteiger partial charge on any atom is 0.148 e. The van der Waals surface area contributed by atoms with E-state index in [0.29, 0.717) is 0 Å². The fourth-order valence-electron chi connectivity index (χ4n) is 2.42. The van der Waals surface area contributed by atoms with Gasteiger partial charge in [0.1, 0.15) is 5.82 Å². The van der Waals surface area contributed by atoms with Crippen molar-refractivity contribution in [1.82, 2.24) is 9.97 Å². The van der Waals surface area contributed by atoms with Gasteiger partial charge < -0.3 is 5.73 Å². The summed E-state index contributed by atoms with van der Waals surface area (Å²) in [6.45, 7) is 6.51. The van der Waals surface area contributed by atoms with Crippen molar-refractivity contribution < 1.29 is 0 Å². The van der Waals surface area contributed by atoms with Crippen molar-refractivity contribution in [1.29, 1.82) is 0 Å². The van der Waals surface area contributed by atoms with E-state index < -0.39 is 0 Å². The molecule has 1 aliphatic rings. The summed E-state index contributed by atoms with van der Waals surface area (Å²) in [6, 6.07) is 2.00. The maximum absolute atomic E-state index is 6.47. The van der Waals surface area contributed by atoms with Gasteiger partial charge in [0.05, 0.1) is 5.54 Å². The van der Waals surface area contributed by atoms with E-state index in [9.17, 15) is 0 Å². The third kappa shape index (κ3) is 2.65. The first-order valence-corrected chi connectivity index (χ1v) is 6.55. The SMILES string of the molecule is CC(C)(C)c1ccnc(C2(N)CCCCC2)n1.